The molecule has 1 aliphatic rings. The minimum absolute atomic E-state index is 0.0450. The van der Waals surface area contributed by atoms with Gasteiger partial charge in [-0.1, -0.05) is 11.6 Å². The maximum atomic E-state index is 12.5. The van der Waals surface area contributed by atoms with Crippen molar-refractivity contribution in [3.05, 3.63) is 41.4 Å². The highest BCUT2D eigenvalue weighted by atomic mass is 127. The molecule has 128 valence electrons. The molecule has 3 atom stereocenters. The number of rotatable bonds is 4. The number of pyridine rings is 2. The van der Waals surface area contributed by atoms with Crippen LogP contribution >= 0.6 is 40.0 Å². The molecule has 1 saturated carbocycles. The SMILES string of the molecule is Nc1nc(Cl)cc2cc(NC(=O)[C@@H]3C[C@H]3c3ccn(PI)n3)ncc12. The zero-order valence-electron chi connectivity index (χ0n) is 12.8. The maximum absolute atomic E-state index is 12.5. The number of nitrogens with zero attached hydrogens (tertiary/aromatic N) is 4. The highest BCUT2D eigenvalue weighted by Gasteiger charge is 2.45. The fourth-order valence-electron chi connectivity index (χ4n) is 2.82. The number of amides is 1. The van der Waals surface area contributed by atoms with E-state index in [0.29, 0.717) is 28.5 Å². The van der Waals surface area contributed by atoms with Gasteiger partial charge in [0.05, 0.1) is 12.1 Å². The van der Waals surface area contributed by atoms with Crippen LogP contribution in [0.3, 0.4) is 0 Å². The number of nitrogens with one attached hydrogen (secondary N) is 1. The van der Waals surface area contributed by atoms with Crippen LogP contribution in [0.25, 0.3) is 10.8 Å². The summed E-state index contributed by atoms with van der Waals surface area (Å²) >= 11 is 8.21. The normalized spacial score (nSPS) is 19.6. The lowest BCUT2D eigenvalue weighted by Crippen LogP contribution is -2.15. The molecule has 0 bridgehead atoms. The van der Waals surface area contributed by atoms with E-state index in [9.17, 15) is 4.79 Å². The molecule has 0 saturated heterocycles. The molecule has 3 heterocycles. The number of halogens is 2. The number of aromatic nitrogens is 4. The molecule has 1 amide bonds. The van der Waals surface area contributed by atoms with Crippen molar-refractivity contribution in [2.24, 2.45) is 5.92 Å². The molecule has 1 aliphatic carbocycles. The van der Waals surface area contributed by atoms with Crippen molar-refractivity contribution in [1.82, 2.24) is 19.5 Å². The third-order valence-corrected chi connectivity index (χ3v) is 6.27. The second-order valence-corrected chi connectivity index (χ2v) is 8.29. The fraction of sp³-hybridized carbons (Fsp3) is 0.200. The second kappa shape index (κ2) is 6.66. The van der Waals surface area contributed by atoms with Gasteiger partial charge in [0.25, 0.3) is 0 Å². The average molecular weight is 487 g/mol. The van der Waals surface area contributed by atoms with Gasteiger partial charge in [0.15, 0.2) is 0 Å². The van der Waals surface area contributed by atoms with E-state index in [2.05, 4.69) is 42.4 Å². The number of anilines is 2. The Kier molecular flexibility index (Phi) is 4.51. The number of nitrogens with two attached hydrogens (primary N) is 1. The Morgan fingerprint density at radius 2 is 2.32 bits per heavy atom. The summed E-state index contributed by atoms with van der Waals surface area (Å²) in [5, 5.41) is 9.15. The van der Waals surface area contributed by atoms with Crippen molar-refractivity contribution in [2.75, 3.05) is 11.1 Å². The first-order valence-corrected chi connectivity index (χ1v) is 11.9. The summed E-state index contributed by atoms with van der Waals surface area (Å²) in [6, 6.07) is 5.43. The number of fused-ring (bicyclic) bond motifs is 1. The minimum Gasteiger partial charge on any atom is -0.383 e. The van der Waals surface area contributed by atoms with Gasteiger partial charge in [0.1, 0.15) is 16.8 Å². The quantitative estimate of drug-likeness (QED) is 0.334. The number of carbonyl (C=O) groups is 1. The summed E-state index contributed by atoms with van der Waals surface area (Å²) in [6.45, 7) is 0. The van der Waals surface area contributed by atoms with Crippen molar-refractivity contribution in [2.45, 2.75) is 12.3 Å². The molecule has 0 spiro atoms. The molecule has 1 unspecified atom stereocenters. The van der Waals surface area contributed by atoms with E-state index in [1.54, 1.807) is 18.3 Å². The summed E-state index contributed by atoms with van der Waals surface area (Å²) in [5.74, 6) is 0.871. The smallest absolute Gasteiger partial charge is 0.229 e. The topological polar surface area (TPSA) is 98.7 Å². The van der Waals surface area contributed by atoms with Gasteiger partial charge in [-0.15, -0.1) is 0 Å². The molecule has 3 aromatic heterocycles. The van der Waals surface area contributed by atoms with E-state index >= 15 is 0 Å². The van der Waals surface area contributed by atoms with E-state index < -0.39 is 0 Å². The third-order valence-electron chi connectivity index (χ3n) is 4.17. The Morgan fingerprint density at radius 1 is 1.48 bits per heavy atom. The molecule has 0 radical (unpaired) electrons. The number of carbonyl (C=O) groups excluding carboxylic acids is 1. The van der Waals surface area contributed by atoms with Gasteiger partial charge in [0, 0.05) is 29.6 Å². The van der Waals surface area contributed by atoms with Crippen LogP contribution in [-0.4, -0.2) is 25.4 Å². The largest absolute Gasteiger partial charge is 0.383 e. The van der Waals surface area contributed by atoms with E-state index in [0.717, 1.165) is 17.5 Å². The van der Waals surface area contributed by atoms with Crippen LogP contribution in [0.4, 0.5) is 11.6 Å². The van der Waals surface area contributed by atoms with Gasteiger partial charge in [-0.3, -0.25) is 4.79 Å². The van der Waals surface area contributed by atoms with Gasteiger partial charge < -0.3 is 11.1 Å². The zero-order valence-corrected chi connectivity index (χ0v) is 16.7. The van der Waals surface area contributed by atoms with E-state index in [1.165, 1.54) is 0 Å². The first-order valence-electron chi connectivity index (χ1n) is 7.50. The Labute approximate surface area is 163 Å². The predicted molar refractivity (Wildman–Crippen MR) is 108 cm³/mol. The second-order valence-electron chi connectivity index (χ2n) is 5.83. The van der Waals surface area contributed by atoms with Gasteiger partial charge >= 0.3 is 0 Å². The van der Waals surface area contributed by atoms with Crippen molar-refractivity contribution >= 4 is 68.3 Å². The van der Waals surface area contributed by atoms with Crippen LogP contribution in [0.15, 0.2) is 30.6 Å². The maximum Gasteiger partial charge on any atom is 0.229 e. The third kappa shape index (κ3) is 3.43. The van der Waals surface area contributed by atoms with Crippen LogP contribution in [0.1, 0.15) is 18.0 Å². The van der Waals surface area contributed by atoms with E-state index in [-0.39, 0.29) is 17.7 Å². The van der Waals surface area contributed by atoms with Gasteiger partial charge in [-0.2, -0.15) is 5.10 Å². The van der Waals surface area contributed by atoms with Crippen LogP contribution in [0.2, 0.25) is 5.15 Å². The average Bonchev–Trinajstić information content (AvgIpc) is 3.24. The lowest BCUT2D eigenvalue weighted by molar-refractivity contribution is -0.117. The Balaban J connectivity index is 1.49. The number of hydrogen-bond acceptors (Lipinski definition) is 5. The van der Waals surface area contributed by atoms with Crippen LogP contribution in [-0.2, 0) is 4.79 Å². The molecule has 3 N–H and O–H groups in total. The lowest BCUT2D eigenvalue weighted by Gasteiger charge is -2.07. The molecule has 1 fully saturated rings. The summed E-state index contributed by atoms with van der Waals surface area (Å²) in [7, 11) is 0. The fourth-order valence-corrected chi connectivity index (χ4v) is 4.12. The first kappa shape index (κ1) is 16.9. The summed E-state index contributed by atoms with van der Waals surface area (Å²) < 4.78 is 1.89. The highest BCUT2D eigenvalue weighted by molar-refractivity contribution is 14.2. The van der Waals surface area contributed by atoms with Crippen molar-refractivity contribution in [3.8, 4) is 0 Å². The Bertz CT molecular complexity index is 980. The minimum atomic E-state index is -0.0653. The summed E-state index contributed by atoms with van der Waals surface area (Å²) in [4.78, 5) is 20.7. The number of nitrogen functional groups attached to an aromatic ring is 1. The molecule has 4 rings (SSSR count). The van der Waals surface area contributed by atoms with E-state index in [4.69, 9.17) is 17.3 Å². The van der Waals surface area contributed by atoms with Crippen LogP contribution < -0.4 is 11.1 Å². The van der Waals surface area contributed by atoms with Crippen LogP contribution in [0, 0.1) is 5.92 Å². The van der Waals surface area contributed by atoms with Crippen molar-refractivity contribution in [3.63, 3.8) is 0 Å². The molecular formula is C15H13ClIN6OP. The molecule has 0 aromatic carbocycles. The molecule has 7 nitrogen and oxygen atoms in total. The van der Waals surface area contributed by atoms with E-state index in [1.807, 2.05) is 16.7 Å². The van der Waals surface area contributed by atoms with Crippen LogP contribution in [0.5, 0.6) is 0 Å². The molecule has 3 aromatic rings. The Morgan fingerprint density at radius 3 is 3.08 bits per heavy atom. The number of hydrogen-bond donors (Lipinski definition) is 2. The molecule has 0 aliphatic heterocycles. The summed E-state index contributed by atoms with van der Waals surface area (Å²) in [6.07, 6.45) is 4.91. The van der Waals surface area contributed by atoms with Crippen molar-refractivity contribution < 1.29 is 4.79 Å². The van der Waals surface area contributed by atoms with Crippen molar-refractivity contribution in [1.29, 1.82) is 0 Å². The molecule has 25 heavy (non-hydrogen) atoms. The van der Waals surface area contributed by atoms with Gasteiger partial charge in [0.2, 0.25) is 5.91 Å². The monoisotopic (exact) mass is 486 g/mol. The summed E-state index contributed by atoms with van der Waals surface area (Å²) in [5.41, 5.74) is 6.80. The zero-order chi connectivity index (χ0) is 17.6. The van der Waals surface area contributed by atoms with Gasteiger partial charge in [-0.05, 0) is 52.0 Å². The predicted octanol–water partition coefficient (Wildman–Crippen LogP) is 3.60. The van der Waals surface area contributed by atoms with Gasteiger partial charge in [-0.25, -0.2) is 14.4 Å². The first-order chi connectivity index (χ1) is 12.0. The lowest BCUT2D eigenvalue weighted by atomic mass is 10.2. The highest BCUT2D eigenvalue weighted by Crippen LogP contribution is 2.47. The Hall–Kier alpha value is -1.51. The molecular weight excluding hydrogens is 474 g/mol. The standard InChI is InChI=1S/C15H13ClIN6OP/c16-12-3-7-4-13(19-6-10(7)14(18)20-12)21-15(24)9-5-8(9)11-1-2-23(22-11)25-17/h1-4,6,8-9,25H,5H2,(H2,18,20)(H,19,21,24)/t8-,9-/m1/s1. The molecule has 10 heteroatoms.